The van der Waals surface area contributed by atoms with E-state index in [2.05, 4.69) is 20.3 Å². The van der Waals surface area contributed by atoms with E-state index in [1.807, 2.05) is 23.1 Å². The third-order valence-corrected chi connectivity index (χ3v) is 5.73. The third-order valence-electron chi connectivity index (χ3n) is 5.73. The highest BCUT2D eigenvalue weighted by molar-refractivity contribution is 5.92. The number of amides is 2. The van der Waals surface area contributed by atoms with Gasteiger partial charge in [-0.2, -0.15) is 0 Å². The number of likely N-dealkylation sites (tertiary alicyclic amines) is 1. The Morgan fingerprint density at radius 1 is 1.11 bits per heavy atom. The van der Waals surface area contributed by atoms with Crippen LogP contribution < -0.4 is 5.32 Å². The molecular formula is C20H23N5O2. The number of pyridine rings is 1. The van der Waals surface area contributed by atoms with Crippen molar-refractivity contribution in [1.82, 2.24) is 25.2 Å². The summed E-state index contributed by atoms with van der Waals surface area (Å²) in [4.78, 5) is 38.8. The lowest BCUT2D eigenvalue weighted by Crippen LogP contribution is -2.55. The van der Waals surface area contributed by atoms with Crippen LogP contribution in [0.15, 0.2) is 43.0 Å². The van der Waals surface area contributed by atoms with Crippen molar-refractivity contribution in [2.75, 3.05) is 13.1 Å². The summed E-state index contributed by atoms with van der Waals surface area (Å²) in [5, 5.41) is 3.04. The van der Waals surface area contributed by atoms with E-state index in [0.717, 1.165) is 44.5 Å². The fraction of sp³-hybridized carbons (Fsp3) is 0.450. The van der Waals surface area contributed by atoms with E-state index < -0.39 is 0 Å². The number of carbonyl (C=O) groups excluding carboxylic acids is 2. The molecule has 1 spiro atoms. The fourth-order valence-electron chi connectivity index (χ4n) is 4.17. The molecule has 2 amide bonds. The summed E-state index contributed by atoms with van der Waals surface area (Å²) in [5.41, 5.74) is 1.44. The van der Waals surface area contributed by atoms with Gasteiger partial charge in [0.05, 0.1) is 12.6 Å². The Hall–Kier alpha value is -2.83. The first-order valence-corrected chi connectivity index (χ1v) is 9.38. The molecule has 1 saturated heterocycles. The van der Waals surface area contributed by atoms with E-state index in [-0.39, 0.29) is 23.3 Å². The zero-order valence-corrected chi connectivity index (χ0v) is 15.2. The summed E-state index contributed by atoms with van der Waals surface area (Å²) in [5.74, 6) is -0.0127. The second kappa shape index (κ2) is 7.42. The summed E-state index contributed by atoms with van der Waals surface area (Å²) in [6.07, 6.45) is 10.6. The van der Waals surface area contributed by atoms with Gasteiger partial charge in [-0.25, -0.2) is 4.98 Å². The molecule has 0 unspecified atom stereocenters. The molecular weight excluding hydrogens is 342 g/mol. The van der Waals surface area contributed by atoms with Crippen molar-refractivity contribution < 1.29 is 9.59 Å². The summed E-state index contributed by atoms with van der Waals surface area (Å²) in [6, 6.07) is 5.84. The van der Waals surface area contributed by atoms with Crippen LogP contribution in [0.25, 0.3) is 0 Å². The molecule has 2 aliphatic rings. The molecule has 7 heteroatoms. The Morgan fingerprint density at radius 2 is 1.93 bits per heavy atom. The molecule has 3 heterocycles. The van der Waals surface area contributed by atoms with Gasteiger partial charge in [0.25, 0.3) is 5.91 Å². The first-order valence-electron chi connectivity index (χ1n) is 9.38. The number of nitrogens with one attached hydrogen (secondary N) is 1. The fourth-order valence-corrected chi connectivity index (χ4v) is 4.17. The molecule has 1 saturated carbocycles. The molecule has 27 heavy (non-hydrogen) atoms. The van der Waals surface area contributed by atoms with E-state index in [1.165, 1.54) is 12.4 Å². The van der Waals surface area contributed by atoms with Crippen molar-refractivity contribution in [3.63, 3.8) is 0 Å². The Labute approximate surface area is 158 Å². The van der Waals surface area contributed by atoms with Crippen molar-refractivity contribution in [3.8, 4) is 0 Å². The van der Waals surface area contributed by atoms with Gasteiger partial charge in [0.2, 0.25) is 5.91 Å². The van der Waals surface area contributed by atoms with Gasteiger partial charge in [0.1, 0.15) is 5.69 Å². The number of aromatic nitrogens is 3. The monoisotopic (exact) mass is 365 g/mol. The number of rotatable bonds is 4. The predicted molar refractivity (Wildman–Crippen MR) is 98.7 cm³/mol. The summed E-state index contributed by atoms with van der Waals surface area (Å²) in [6.45, 7) is 1.58. The maximum absolute atomic E-state index is 12.5. The lowest BCUT2D eigenvalue weighted by Gasteiger charge is -2.52. The van der Waals surface area contributed by atoms with E-state index >= 15 is 0 Å². The van der Waals surface area contributed by atoms with E-state index in [9.17, 15) is 9.59 Å². The van der Waals surface area contributed by atoms with Gasteiger partial charge < -0.3 is 10.2 Å². The molecule has 4 rings (SSSR count). The molecule has 0 aromatic carbocycles. The van der Waals surface area contributed by atoms with Crippen LogP contribution in [-0.2, 0) is 11.2 Å². The largest absolute Gasteiger partial charge is 0.348 e. The van der Waals surface area contributed by atoms with Crippen LogP contribution >= 0.6 is 0 Å². The zero-order chi connectivity index (χ0) is 18.7. The standard InChI is InChI=1S/C20H23N5O2/c26-18(11-15-3-1-2-6-22-15)25-9-4-20(5-10-25)12-16(13-20)24-19(27)17-14-21-7-8-23-17/h1-3,6-8,14,16H,4-5,9-13H2,(H,24,27). The molecule has 2 fully saturated rings. The molecule has 2 aromatic heterocycles. The lowest BCUT2D eigenvalue weighted by molar-refractivity contribution is -0.134. The highest BCUT2D eigenvalue weighted by Crippen LogP contribution is 2.49. The van der Waals surface area contributed by atoms with Crippen molar-refractivity contribution >= 4 is 11.8 Å². The van der Waals surface area contributed by atoms with Crippen molar-refractivity contribution in [2.45, 2.75) is 38.1 Å². The average Bonchev–Trinajstić information content (AvgIpc) is 2.68. The number of carbonyl (C=O) groups is 2. The highest BCUT2D eigenvalue weighted by atomic mass is 16.2. The van der Waals surface area contributed by atoms with E-state index in [1.54, 1.807) is 12.4 Å². The SMILES string of the molecule is O=C(NC1CC2(CCN(C(=O)Cc3ccccn3)CC2)C1)c1cnccn1. The maximum Gasteiger partial charge on any atom is 0.271 e. The minimum Gasteiger partial charge on any atom is -0.348 e. The normalized spacial score (nSPS) is 18.7. The van der Waals surface area contributed by atoms with E-state index in [4.69, 9.17) is 0 Å². The topological polar surface area (TPSA) is 88.1 Å². The molecule has 0 atom stereocenters. The minimum atomic E-state index is -0.161. The van der Waals surface area contributed by atoms with Crippen molar-refractivity contribution in [3.05, 3.63) is 54.4 Å². The van der Waals surface area contributed by atoms with Gasteiger partial charge in [-0.05, 0) is 43.2 Å². The molecule has 1 aliphatic carbocycles. The number of nitrogens with zero attached hydrogens (tertiary/aromatic N) is 4. The molecule has 140 valence electrons. The van der Waals surface area contributed by atoms with Gasteiger partial charge in [-0.15, -0.1) is 0 Å². The Balaban J connectivity index is 1.23. The second-order valence-corrected chi connectivity index (χ2v) is 7.55. The molecule has 7 nitrogen and oxygen atoms in total. The highest BCUT2D eigenvalue weighted by Gasteiger charge is 2.46. The van der Waals surface area contributed by atoms with Crippen LogP contribution in [0.1, 0.15) is 41.9 Å². The maximum atomic E-state index is 12.5. The van der Waals surface area contributed by atoms with Crippen LogP contribution in [0.4, 0.5) is 0 Å². The van der Waals surface area contributed by atoms with Gasteiger partial charge in [-0.1, -0.05) is 6.07 Å². The number of hydrogen-bond acceptors (Lipinski definition) is 5. The van der Waals surface area contributed by atoms with Gasteiger partial charge in [-0.3, -0.25) is 19.6 Å². The Morgan fingerprint density at radius 3 is 2.59 bits per heavy atom. The smallest absolute Gasteiger partial charge is 0.271 e. The van der Waals surface area contributed by atoms with Crippen LogP contribution in [-0.4, -0.2) is 50.8 Å². The summed E-state index contributed by atoms with van der Waals surface area (Å²) < 4.78 is 0. The zero-order valence-electron chi connectivity index (χ0n) is 15.2. The Kier molecular flexibility index (Phi) is 4.83. The van der Waals surface area contributed by atoms with Crippen LogP contribution in [0.5, 0.6) is 0 Å². The van der Waals surface area contributed by atoms with Crippen LogP contribution in [0.2, 0.25) is 0 Å². The van der Waals surface area contributed by atoms with Crippen molar-refractivity contribution in [2.24, 2.45) is 5.41 Å². The van der Waals surface area contributed by atoms with Crippen LogP contribution in [0, 0.1) is 5.41 Å². The molecule has 0 bridgehead atoms. The van der Waals surface area contributed by atoms with Crippen molar-refractivity contribution in [1.29, 1.82) is 0 Å². The summed E-state index contributed by atoms with van der Waals surface area (Å²) in [7, 11) is 0. The quantitative estimate of drug-likeness (QED) is 0.889. The van der Waals surface area contributed by atoms with E-state index in [0.29, 0.717) is 12.1 Å². The average molecular weight is 365 g/mol. The second-order valence-electron chi connectivity index (χ2n) is 7.55. The van der Waals surface area contributed by atoms with Gasteiger partial charge in [0, 0.05) is 43.4 Å². The van der Waals surface area contributed by atoms with Gasteiger partial charge in [0.15, 0.2) is 0 Å². The molecule has 1 N–H and O–H groups in total. The molecule has 0 radical (unpaired) electrons. The van der Waals surface area contributed by atoms with Crippen LogP contribution in [0.3, 0.4) is 0 Å². The predicted octanol–water partition coefficient (Wildman–Crippen LogP) is 1.62. The molecule has 1 aliphatic heterocycles. The third kappa shape index (κ3) is 3.97. The first-order chi connectivity index (χ1) is 13.1. The minimum absolute atomic E-state index is 0.148. The first kappa shape index (κ1) is 17.6. The Bertz CT molecular complexity index is 796. The number of hydrogen-bond donors (Lipinski definition) is 1. The lowest BCUT2D eigenvalue weighted by atomic mass is 9.60. The number of piperidine rings is 1. The summed E-state index contributed by atoms with van der Waals surface area (Å²) >= 11 is 0. The molecule has 2 aromatic rings. The van der Waals surface area contributed by atoms with Gasteiger partial charge >= 0.3 is 0 Å².